The number of carbonyl (C=O) groups is 1. The monoisotopic (exact) mass is 420 g/mol. The van der Waals surface area contributed by atoms with Gasteiger partial charge >= 0.3 is 0 Å². The molecule has 1 heterocycles. The Morgan fingerprint density at radius 2 is 1.85 bits per heavy atom. The number of rotatable bonds is 6. The molecular formula is C19H17ClN2O3S2. The second-order valence-corrected chi connectivity index (χ2v) is 8.86. The molecule has 0 saturated carbocycles. The van der Waals surface area contributed by atoms with Crippen LogP contribution in [0.1, 0.15) is 10.4 Å². The molecule has 140 valence electrons. The van der Waals surface area contributed by atoms with E-state index in [0.29, 0.717) is 18.0 Å². The predicted octanol–water partition coefficient (Wildman–Crippen LogP) is 3.57. The van der Waals surface area contributed by atoms with E-state index < -0.39 is 10.0 Å². The van der Waals surface area contributed by atoms with Crippen LogP contribution in [0.4, 0.5) is 0 Å². The average Bonchev–Trinajstić information content (AvgIpc) is 2.96. The third-order valence-electron chi connectivity index (χ3n) is 3.91. The first-order valence-electron chi connectivity index (χ1n) is 8.09. The van der Waals surface area contributed by atoms with Crippen LogP contribution in [0.2, 0.25) is 5.02 Å². The molecule has 1 aromatic heterocycles. The molecule has 0 aliphatic heterocycles. The number of hydrogen-bond donors (Lipinski definition) is 2. The van der Waals surface area contributed by atoms with Crippen LogP contribution < -0.4 is 10.5 Å². The highest BCUT2D eigenvalue weighted by Gasteiger charge is 2.08. The Bertz CT molecular complexity index is 1100. The van der Waals surface area contributed by atoms with Gasteiger partial charge in [-0.15, -0.1) is 11.3 Å². The molecule has 0 unspecified atom stereocenters. The molecule has 0 aliphatic rings. The van der Waals surface area contributed by atoms with Crippen LogP contribution in [-0.2, 0) is 21.2 Å². The zero-order valence-electron chi connectivity index (χ0n) is 14.2. The molecule has 27 heavy (non-hydrogen) atoms. The summed E-state index contributed by atoms with van der Waals surface area (Å²) in [6, 6.07) is 14.1. The smallest absolute Gasteiger partial charge is 0.244 e. The highest BCUT2D eigenvalue weighted by molar-refractivity contribution is 7.89. The van der Waals surface area contributed by atoms with Crippen molar-refractivity contribution in [3.8, 4) is 0 Å². The van der Waals surface area contributed by atoms with Crippen LogP contribution in [0.25, 0.3) is 16.2 Å². The third-order valence-corrected chi connectivity index (χ3v) is 6.50. The number of halogens is 1. The second-order valence-electron chi connectivity index (χ2n) is 5.84. The topological polar surface area (TPSA) is 89.3 Å². The molecule has 3 aromatic rings. The number of hydrogen-bond acceptors (Lipinski definition) is 4. The molecule has 0 saturated heterocycles. The summed E-state index contributed by atoms with van der Waals surface area (Å²) in [5, 5.41) is 9.48. The Morgan fingerprint density at radius 1 is 1.15 bits per heavy atom. The zero-order valence-corrected chi connectivity index (χ0v) is 16.6. The second kappa shape index (κ2) is 8.22. The van der Waals surface area contributed by atoms with Crippen LogP contribution >= 0.6 is 22.9 Å². The van der Waals surface area contributed by atoms with E-state index in [1.54, 1.807) is 18.2 Å². The van der Waals surface area contributed by atoms with E-state index >= 15 is 0 Å². The van der Waals surface area contributed by atoms with Gasteiger partial charge in [0.25, 0.3) is 0 Å². The SMILES string of the molecule is NS(=O)(=O)c1ccc(CCNC(=O)/C=C/c2sc3ccccc3c2Cl)cc1. The summed E-state index contributed by atoms with van der Waals surface area (Å²) >= 11 is 7.88. The van der Waals surface area contributed by atoms with Gasteiger partial charge in [-0.25, -0.2) is 13.6 Å². The summed E-state index contributed by atoms with van der Waals surface area (Å²) in [5.74, 6) is -0.218. The van der Waals surface area contributed by atoms with Crippen molar-refractivity contribution in [3.05, 3.63) is 70.1 Å². The minimum atomic E-state index is -3.69. The van der Waals surface area contributed by atoms with Gasteiger partial charge in [-0.05, 0) is 36.3 Å². The zero-order chi connectivity index (χ0) is 19.4. The fourth-order valence-corrected chi connectivity index (χ4v) is 4.44. The van der Waals surface area contributed by atoms with Crippen LogP contribution in [0.3, 0.4) is 0 Å². The summed E-state index contributed by atoms with van der Waals surface area (Å²) in [4.78, 5) is 12.9. The summed E-state index contributed by atoms with van der Waals surface area (Å²) in [6.07, 6.45) is 3.75. The third kappa shape index (κ3) is 4.95. The molecule has 8 heteroatoms. The van der Waals surface area contributed by atoms with Crippen LogP contribution in [0, 0.1) is 0 Å². The molecule has 0 radical (unpaired) electrons. The highest BCUT2D eigenvalue weighted by atomic mass is 35.5. The van der Waals surface area contributed by atoms with Crippen LogP contribution in [-0.4, -0.2) is 20.9 Å². The fraction of sp³-hybridized carbons (Fsp3) is 0.105. The Balaban J connectivity index is 1.55. The first-order chi connectivity index (χ1) is 12.8. The molecule has 0 bridgehead atoms. The van der Waals surface area contributed by atoms with Crippen molar-refractivity contribution in [1.29, 1.82) is 0 Å². The molecule has 0 fully saturated rings. The number of nitrogens with one attached hydrogen (secondary N) is 1. The van der Waals surface area contributed by atoms with Gasteiger partial charge in [0.1, 0.15) is 0 Å². The first-order valence-corrected chi connectivity index (χ1v) is 10.8. The summed E-state index contributed by atoms with van der Waals surface area (Å²) in [6.45, 7) is 0.429. The minimum absolute atomic E-state index is 0.0680. The molecule has 5 nitrogen and oxygen atoms in total. The molecule has 2 aromatic carbocycles. The van der Waals surface area contributed by atoms with Crippen molar-refractivity contribution in [3.63, 3.8) is 0 Å². The Labute approximate surface area is 166 Å². The van der Waals surface area contributed by atoms with E-state index in [2.05, 4.69) is 5.32 Å². The molecule has 0 aliphatic carbocycles. The van der Waals surface area contributed by atoms with Crippen molar-refractivity contribution in [2.75, 3.05) is 6.54 Å². The normalized spacial score (nSPS) is 11.9. The highest BCUT2D eigenvalue weighted by Crippen LogP contribution is 2.35. The van der Waals surface area contributed by atoms with Crippen molar-refractivity contribution >= 4 is 55.0 Å². The number of carbonyl (C=O) groups excluding carboxylic acids is 1. The van der Waals surface area contributed by atoms with E-state index in [0.717, 1.165) is 20.5 Å². The number of benzene rings is 2. The maximum absolute atomic E-state index is 12.0. The minimum Gasteiger partial charge on any atom is -0.352 e. The van der Waals surface area contributed by atoms with Gasteiger partial charge in [0.2, 0.25) is 15.9 Å². The molecule has 0 spiro atoms. The number of amides is 1. The van der Waals surface area contributed by atoms with Crippen molar-refractivity contribution in [1.82, 2.24) is 5.32 Å². The van der Waals surface area contributed by atoms with E-state index in [4.69, 9.17) is 16.7 Å². The largest absolute Gasteiger partial charge is 0.352 e. The van der Waals surface area contributed by atoms with Gasteiger partial charge in [-0.2, -0.15) is 0 Å². The van der Waals surface area contributed by atoms with E-state index in [1.165, 1.54) is 29.5 Å². The Morgan fingerprint density at radius 3 is 2.52 bits per heavy atom. The molecule has 0 atom stereocenters. The quantitative estimate of drug-likeness (QED) is 0.597. The van der Waals surface area contributed by atoms with Gasteiger partial charge in [0.05, 0.1) is 9.92 Å². The van der Waals surface area contributed by atoms with E-state index in [1.807, 2.05) is 24.3 Å². The number of primary sulfonamides is 1. The van der Waals surface area contributed by atoms with Gasteiger partial charge in [-0.3, -0.25) is 4.79 Å². The fourth-order valence-electron chi connectivity index (χ4n) is 2.53. The average molecular weight is 421 g/mol. The maximum atomic E-state index is 12.0. The number of sulfonamides is 1. The number of fused-ring (bicyclic) bond motifs is 1. The van der Waals surface area contributed by atoms with Crippen molar-refractivity contribution < 1.29 is 13.2 Å². The van der Waals surface area contributed by atoms with Gasteiger partial charge in [0.15, 0.2) is 0 Å². The number of thiophene rings is 1. The lowest BCUT2D eigenvalue weighted by Crippen LogP contribution is -2.23. The lowest BCUT2D eigenvalue weighted by atomic mass is 10.1. The molecule has 1 amide bonds. The Hall–Kier alpha value is -2.19. The van der Waals surface area contributed by atoms with Crippen molar-refractivity contribution in [2.45, 2.75) is 11.3 Å². The summed E-state index contributed by atoms with van der Waals surface area (Å²) < 4.78 is 23.5. The van der Waals surface area contributed by atoms with E-state index in [9.17, 15) is 13.2 Å². The molecular weight excluding hydrogens is 404 g/mol. The van der Waals surface area contributed by atoms with Gasteiger partial charge in [-0.1, -0.05) is 41.9 Å². The summed E-state index contributed by atoms with van der Waals surface area (Å²) in [7, 11) is -3.69. The molecule has 3 rings (SSSR count). The number of nitrogens with two attached hydrogens (primary N) is 1. The Kier molecular flexibility index (Phi) is 5.96. The van der Waals surface area contributed by atoms with Crippen LogP contribution in [0.15, 0.2) is 59.5 Å². The standard InChI is InChI=1S/C19H17ClN2O3S2/c20-19-15-3-1-2-4-16(15)26-17(19)9-10-18(23)22-12-11-13-5-7-14(8-6-13)27(21,24)25/h1-10H,11-12H2,(H,22,23)(H2,21,24,25)/b10-9+. The molecule has 3 N–H and O–H groups in total. The van der Waals surface area contributed by atoms with Gasteiger partial charge in [0, 0.05) is 27.6 Å². The van der Waals surface area contributed by atoms with E-state index in [-0.39, 0.29) is 10.8 Å². The maximum Gasteiger partial charge on any atom is 0.244 e. The van der Waals surface area contributed by atoms with Gasteiger partial charge < -0.3 is 5.32 Å². The predicted molar refractivity (Wildman–Crippen MR) is 110 cm³/mol. The summed E-state index contributed by atoms with van der Waals surface area (Å²) in [5.41, 5.74) is 0.902. The lowest BCUT2D eigenvalue weighted by Gasteiger charge is -2.04. The first kappa shape index (κ1) is 19.6. The van der Waals surface area contributed by atoms with Crippen LogP contribution in [0.5, 0.6) is 0 Å². The lowest BCUT2D eigenvalue weighted by molar-refractivity contribution is -0.116. The van der Waals surface area contributed by atoms with Crippen molar-refractivity contribution in [2.24, 2.45) is 5.14 Å².